The Hall–Kier alpha value is -1.02. The Morgan fingerprint density at radius 3 is 2.45 bits per heavy atom. The molecule has 0 saturated heterocycles. The molecule has 0 spiro atoms. The van der Waals surface area contributed by atoms with Gasteiger partial charge in [0.05, 0.1) is 17.7 Å². The van der Waals surface area contributed by atoms with E-state index in [0.29, 0.717) is 10.8 Å². The lowest BCUT2D eigenvalue weighted by molar-refractivity contribution is -0.140. The van der Waals surface area contributed by atoms with Crippen LogP contribution in [-0.2, 0) is 4.79 Å². The molecule has 5 nitrogen and oxygen atoms in total. The summed E-state index contributed by atoms with van der Waals surface area (Å²) in [5.74, 6) is -1.49. The van der Waals surface area contributed by atoms with Gasteiger partial charge < -0.3 is 15.2 Å². The summed E-state index contributed by atoms with van der Waals surface area (Å²) in [5, 5.41) is 12.0. The first kappa shape index (κ1) is 17.0. The first-order valence-electron chi connectivity index (χ1n) is 5.84. The third-order valence-electron chi connectivity index (χ3n) is 2.71. The maximum absolute atomic E-state index is 12.2. The monoisotopic (exact) mass is 411 g/mol. The van der Waals surface area contributed by atoms with Crippen LogP contribution in [0.3, 0.4) is 0 Å². The lowest BCUT2D eigenvalue weighted by Crippen LogP contribution is -2.44. The summed E-state index contributed by atoms with van der Waals surface area (Å²) in [6.07, 6.45) is 0. The van der Waals surface area contributed by atoms with Crippen LogP contribution in [0.2, 0.25) is 5.02 Å². The van der Waals surface area contributed by atoms with Crippen molar-refractivity contribution in [3.8, 4) is 5.75 Å². The number of aliphatic carboxylic acids is 1. The predicted octanol–water partition coefficient (Wildman–Crippen LogP) is 2.79. The van der Waals surface area contributed by atoms with Crippen LogP contribution < -0.4 is 10.1 Å². The maximum Gasteiger partial charge on any atom is 0.326 e. The molecule has 0 bridgehead atoms. The number of carboxylic acids is 1. The molecular weight excluding hydrogens is 397 g/mol. The molecule has 20 heavy (non-hydrogen) atoms. The van der Waals surface area contributed by atoms with Crippen molar-refractivity contribution in [2.45, 2.75) is 19.9 Å². The van der Waals surface area contributed by atoms with Gasteiger partial charge in [-0.15, -0.1) is 0 Å². The topological polar surface area (TPSA) is 75.6 Å². The van der Waals surface area contributed by atoms with E-state index in [1.165, 1.54) is 13.2 Å². The quantitative estimate of drug-likeness (QED) is 0.731. The summed E-state index contributed by atoms with van der Waals surface area (Å²) >= 11 is 8.01. The van der Waals surface area contributed by atoms with Crippen LogP contribution >= 0.6 is 34.2 Å². The highest BCUT2D eigenvalue weighted by atomic mass is 127. The summed E-state index contributed by atoms with van der Waals surface area (Å²) < 4.78 is 5.88. The normalized spacial score (nSPS) is 12.1. The van der Waals surface area contributed by atoms with Gasteiger partial charge in [0.25, 0.3) is 5.91 Å². The van der Waals surface area contributed by atoms with Gasteiger partial charge in [-0.2, -0.15) is 0 Å². The van der Waals surface area contributed by atoms with Gasteiger partial charge in [-0.3, -0.25) is 4.79 Å². The number of carbonyl (C=O) groups excluding carboxylic acids is 1. The maximum atomic E-state index is 12.2. The zero-order chi connectivity index (χ0) is 15.4. The van der Waals surface area contributed by atoms with Crippen LogP contribution in [0.25, 0.3) is 0 Å². The summed E-state index contributed by atoms with van der Waals surface area (Å²) in [7, 11) is 1.44. The highest BCUT2D eigenvalue weighted by Crippen LogP contribution is 2.28. The minimum Gasteiger partial charge on any atom is -0.496 e. The second-order valence-corrected chi connectivity index (χ2v) is 6.07. The minimum atomic E-state index is -1.08. The van der Waals surface area contributed by atoms with Gasteiger partial charge in [-0.25, -0.2) is 4.79 Å². The van der Waals surface area contributed by atoms with E-state index in [2.05, 4.69) is 5.32 Å². The Bertz CT molecular complexity index is 533. The van der Waals surface area contributed by atoms with Crippen molar-refractivity contribution in [2.24, 2.45) is 5.92 Å². The lowest BCUT2D eigenvalue weighted by Gasteiger charge is -2.19. The summed E-state index contributed by atoms with van der Waals surface area (Å²) in [6, 6.07) is 2.13. The second-order valence-electron chi connectivity index (χ2n) is 4.50. The molecule has 0 unspecified atom stereocenters. The lowest BCUT2D eigenvalue weighted by atomic mass is 10.0. The fourth-order valence-electron chi connectivity index (χ4n) is 1.61. The second kappa shape index (κ2) is 7.12. The Morgan fingerprint density at radius 2 is 2.00 bits per heavy atom. The first-order chi connectivity index (χ1) is 9.27. The van der Waals surface area contributed by atoms with Gasteiger partial charge in [0.1, 0.15) is 11.8 Å². The molecule has 0 aromatic heterocycles. The standard InChI is InChI=1S/C13H15ClINO4/c1-6(2)11(13(18)19)16-12(17)7-4-8(14)9(15)5-10(7)20-3/h4-6,11H,1-3H3,(H,16,17)(H,18,19)/t11-/m0/s1. The van der Waals surface area contributed by atoms with E-state index in [9.17, 15) is 9.59 Å². The number of nitrogens with one attached hydrogen (secondary N) is 1. The molecule has 0 radical (unpaired) electrons. The molecule has 7 heteroatoms. The van der Waals surface area contributed by atoms with Crippen LogP contribution in [0.4, 0.5) is 0 Å². The van der Waals surface area contributed by atoms with E-state index < -0.39 is 17.9 Å². The number of benzene rings is 1. The van der Waals surface area contributed by atoms with Crippen molar-refractivity contribution in [1.82, 2.24) is 5.32 Å². The molecule has 0 saturated carbocycles. The molecule has 0 fully saturated rings. The number of amides is 1. The predicted molar refractivity (Wildman–Crippen MR) is 84.4 cm³/mol. The van der Waals surface area contributed by atoms with Gasteiger partial charge in [0, 0.05) is 3.57 Å². The van der Waals surface area contributed by atoms with Crippen LogP contribution in [0.5, 0.6) is 5.75 Å². The summed E-state index contributed by atoms with van der Waals surface area (Å²) in [5.41, 5.74) is 0.213. The highest BCUT2D eigenvalue weighted by molar-refractivity contribution is 14.1. The third kappa shape index (κ3) is 3.99. The number of carboxylic acid groups (broad SMARTS) is 1. The van der Waals surface area contributed by atoms with Gasteiger partial charge in [-0.1, -0.05) is 25.4 Å². The minimum absolute atomic E-state index is 0.213. The van der Waals surface area contributed by atoms with Gasteiger partial charge >= 0.3 is 5.97 Å². The molecule has 0 aliphatic carbocycles. The Morgan fingerprint density at radius 1 is 1.40 bits per heavy atom. The van der Waals surface area contributed by atoms with E-state index in [-0.39, 0.29) is 11.5 Å². The molecular formula is C13H15ClINO4. The molecule has 1 amide bonds. The van der Waals surface area contributed by atoms with Crippen LogP contribution in [0.15, 0.2) is 12.1 Å². The van der Waals surface area contributed by atoms with E-state index in [4.69, 9.17) is 21.4 Å². The van der Waals surface area contributed by atoms with Crippen molar-refractivity contribution in [3.05, 3.63) is 26.3 Å². The van der Waals surface area contributed by atoms with Gasteiger partial charge in [-0.05, 0) is 40.6 Å². The molecule has 1 aromatic carbocycles. The van der Waals surface area contributed by atoms with E-state index in [0.717, 1.165) is 3.57 Å². The van der Waals surface area contributed by atoms with Crippen LogP contribution in [0, 0.1) is 9.49 Å². The van der Waals surface area contributed by atoms with Crippen molar-refractivity contribution in [3.63, 3.8) is 0 Å². The van der Waals surface area contributed by atoms with Crippen LogP contribution in [0.1, 0.15) is 24.2 Å². The van der Waals surface area contributed by atoms with Crippen LogP contribution in [-0.4, -0.2) is 30.1 Å². The van der Waals surface area contributed by atoms with E-state index >= 15 is 0 Å². The van der Waals surface area contributed by atoms with E-state index in [1.807, 2.05) is 22.6 Å². The Kier molecular flexibility index (Phi) is 6.07. The third-order valence-corrected chi connectivity index (χ3v) is 4.23. The average molecular weight is 412 g/mol. The molecule has 1 atom stereocenters. The number of methoxy groups -OCH3 is 1. The van der Waals surface area contributed by atoms with Crippen molar-refractivity contribution in [2.75, 3.05) is 7.11 Å². The number of hydrogen-bond acceptors (Lipinski definition) is 3. The fourth-order valence-corrected chi connectivity index (χ4v) is 2.21. The highest BCUT2D eigenvalue weighted by Gasteiger charge is 2.25. The smallest absolute Gasteiger partial charge is 0.326 e. The largest absolute Gasteiger partial charge is 0.496 e. The molecule has 1 aromatic rings. The molecule has 2 N–H and O–H groups in total. The zero-order valence-electron chi connectivity index (χ0n) is 11.2. The molecule has 1 rings (SSSR count). The van der Waals surface area contributed by atoms with Crippen molar-refractivity contribution >= 4 is 46.1 Å². The number of carbonyl (C=O) groups is 2. The average Bonchev–Trinajstić information content (AvgIpc) is 2.37. The van der Waals surface area contributed by atoms with E-state index in [1.54, 1.807) is 19.9 Å². The molecule has 0 aliphatic rings. The number of ether oxygens (including phenoxy) is 1. The summed E-state index contributed by atoms with van der Waals surface area (Å²) in [4.78, 5) is 23.3. The fraction of sp³-hybridized carbons (Fsp3) is 0.385. The number of halogens is 2. The number of rotatable bonds is 5. The van der Waals surface area contributed by atoms with Gasteiger partial charge in [0.2, 0.25) is 0 Å². The molecule has 0 heterocycles. The zero-order valence-corrected chi connectivity index (χ0v) is 14.2. The Balaban J connectivity index is 3.08. The molecule has 0 aliphatic heterocycles. The molecule has 110 valence electrons. The first-order valence-corrected chi connectivity index (χ1v) is 7.30. The SMILES string of the molecule is COc1cc(I)c(Cl)cc1C(=O)N[C@H](C(=O)O)C(C)C. The Labute approximate surface area is 135 Å². The summed E-state index contributed by atoms with van der Waals surface area (Å²) in [6.45, 7) is 3.44. The van der Waals surface area contributed by atoms with Gasteiger partial charge in [0.15, 0.2) is 0 Å². The number of hydrogen-bond donors (Lipinski definition) is 2. The van der Waals surface area contributed by atoms with Crippen molar-refractivity contribution < 1.29 is 19.4 Å². The van der Waals surface area contributed by atoms with Crippen molar-refractivity contribution in [1.29, 1.82) is 0 Å².